The van der Waals surface area contributed by atoms with E-state index in [4.69, 9.17) is 4.42 Å². The van der Waals surface area contributed by atoms with Gasteiger partial charge in [-0.15, -0.1) is 0 Å². The summed E-state index contributed by atoms with van der Waals surface area (Å²) in [5.74, 6) is 0. The number of hydrogen-bond acceptors (Lipinski definition) is 1. The number of benzene rings is 9. The largest absolute Gasteiger partial charge is 0.456 e. The van der Waals surface area contributed by atoms with Crippen LogP contribution in [-0.2, 0) is 5.41 Å². The number of fused-ring (bicyclic) bond motifs is 17. The van der Waals surface area contributed by atoms with Crippen LogP contribution in [-0.4, -0.2) is 4.57 Å². The Bertz CT molecular complexity index is 3320. The van der Waals surface area contributed by atoms with Gasteiger partial charge in [0.1, 0.15) is 11.2 Å². The Morgan fingerprint density at radius 2 is 0.943 bits per heavy atom. The van der Waals surface area contributed by atoms with Gasteiger partial charge in [0.05, 0.1) is 11.0 Å². The van der Waals surface area contributed by atoms with Crippen molar-refractivity contribution in [3.05, 3.63) is 175 Å². The SMILES string of the molecule is CC1(C)c2ccc3oc4ccccc4c3c2-c2c1ccc1c2c2ccccc2n1-c1ccc(-c2ccc3c4ccccc4c4ccccc4c3c2)cc1. The summed E-state index contributed by atoms with van der Waals surface area (Å²) in [5.41, 5.74) is 13.1. The van der Waals surface area contributed by atoms with Gasteiger partial charge in [0.2, 0.25) is 0 Å². The molecule has 9 aromatic carbocycles. The van der Waals surface area contributed by atoms with Crippen LogP contribution < -0.4 is 0 Å². The van der Waals surface area contributed by atoms with E-state index in [2.05, 4.69) is 182 Å². The van der Waals surface area contributed by atoms with Crippen LogP contribution in [0, 0.1) is 0 Å². The maximum absolute atomic E-state index is 6.44. The quantitative estimate of drug-likeness (QED) is 0.167. The molecule has 1 aliphatic rings. The lowest BCUT2D eigenvalue weighted by Gasteiger charge is -2.21. The summed E-state index contributed by atoms with van der Waals surface area (Å²) in [7, 11) is 0. The monoisotopic (exact) mass is 675 g/mol. The van der Waals surface area contributed by atoms with Crippen molar-refractivity contribution in [2.24, 2.45) is 0 Å². The fourth-order valence-electron chi connectivity index (χ4n) is 9.75. The van der Waals surface area contributed by atoms with E-state index in [-0.39, 0.29) is 5.41 Å². The molecule has 0 atom stereocenters. The van der Waals surface area contributed by atoms with Gasteiger partial charge in [-0.05, 0) is 108 Å². The Morgan fingerprint density at radius 3 is 1.66 bits per heavy atom. The van der Waals surface area contributed by atoms with Gasteiger partial charge in [0, 0.05) is 32.6 Å². The molecule has 2 nitrogen and oxygen atoms in total. The summed E-state index contributed by atoms with van der Waals surface area (Å²) in [6, 6.07) is 60.2. The number of aromatic nitrogens is 1. The third-order valence-corrected chi connectivity index (χ3v) is 12.2. The van der Waals surface area contributed by atoms with Crippen molar-refractivity contribution in [3.63, 3.8) is 0 Å². The minimum Gasteiger partial charge on any atom is -0.456 e. The van der Waals surface area contributed by atoms with Crippen LogP contribution >= 0.6 is 0 Å². The molecular formula is C51H33NO. The van der Waals surface area contributed by atoms with Crippen LogP contribution in [0.3, 0.4) is 0 Å². The summed E-state index contributed by atoms with van der Waals surface area (Å²) in [5, 5.41) is 12.8. The Morgan fingerprint density at radius 1 is 0.396 bits per heavy atom. The smallest absolute Gasteiger partial charge is 0.136 e. The molecule has 0 amide bonds. The van der Waals surface area contributed by atoms with Crippen LogP contribution in [0.5, 0.6) is 0 Å². The van der Waals surface area contributed by atoms with Gasteiger partial charge in [-0.25, -0.2) is 0 Å². The highest BCUT2D eigenvalue weighted by molar-refractivity contribution is 6.26. The normalized spacial score (nSPS) is 13.6. The van der Waals surface area contributed by atoms with Gasteiger partial charge in [-0.3, -0.25) is 0 Å². The molecule has 0 saturated heterocycles. The summed E-state index contributed by atoms with van der Waals surface area (Å²) in [4.78, 5) is 0. The van der Waals surface area contributed by atoms with E-state index >= 15 is 0 Å². The molecule has 248 valence electrons. The van der Waals surface area contributed by atoms with Crippen molar-refractivity contribution in [1.82, 2.24) is 4.57 Å². The van der Waals surface area contributed by atoms with Gasteiger partial charge in [0.25, 0.3) is 0 Å². The first-order valence-corrected chi connectivity index (χ1v) is 18.5. The number of rotatable bonds is 2. The van der Waals surface area contributed by atoms with E-state index in [9.17, 15) is 0 Å². The predicted molar refractivity (Wildman–Crippen MR) is 224 cm³/mol. The van der Waals surface area contributed by atoms with Crippen molar-refractivity contribution in [2.45, 2.75) is 19.3 Å². The van der Waals surface area contributed by atoms with Crippen molar-refractivity contribution in [1.29, 1.82) is 0 Å². The van der Waals surface area contributed by atoms with Gasteiger partial charge in [-0.1, -0.05) is 135 Å². The topological polar surface area (TPSA) is 18.1 Å². The Labute approximate surface area is 306 Å². The van der Waals surface area contributed by atoms with Crippen LogP contribution in [0.4, 0.5) is 0 Å². The highest BCUT2D eigenvalue weighted by Gasteiger charge is 2.39. The minimum atomic E-state index is -0.145. The minimum absolute atomic E-state index is 0.145. The van der Waals surface area contributed by atoms with E-state index in [0.717, 1.165) is 16.9 Å². The number of nitrogens with zero attached hydrogens (tertiary/aromatic N) is 1. The summed E-state index contributed by atoms with van der Waals surface area (Å²) in [6.07, 6.45) is 0. The summed E-state index contributed by atoms with van der Waals surface area (Å²) < 4.78 is 8.89. The Hall–Kier alpha value is -6.64. The molecular weight excluding hydrogens is 643 g/mol. The van der Waals surface area contributed by atoms with Crippen LogP contribution in [0.15, 0.2) is 168 Å². The maximum atomic E-state index is 6.44. The maximum Gasteiger partial charge on any atom is 0.136 e. The molecule has 11 aromatic rings. The second-order valence-corrected chi connectivity index (χ2v) is 15.2. The highest BCUT2D eigenvalue weighted by atomic mass is 16.3. The molecule has 53 heavy (non-hydrogen) atoms. The molecule has 0 saturated carbocycles. The zero-order chi connectivity index (χ0) is 35.0. The molecule has 2 heteroatoms. The summed E-state index contributed by atoms with van der Waals surface area (Å²) >= 11 is 0. The third kappa shape index (κ3) is 3.77. The van der Waals surface area contributed by atoms with Crippen molar-refractivity contribution in [2.75, 3.05) is 0 Å². The molecule has 0 spiro atoms. The number of furan rings is 1. The number of para-hydroxylation sites is 2. The molecule has 0 unspecified atom stereocenters. The molecule has 0 fully saturated rings. The van der Waals surface area contributed by atoms with Crippen molar-refractivity contribution < 1.29 is 4.42 Å². The molecule has 12 rings (SSSR count). The lowest BCUT2D eigenvalue weighted by Crippen LogP contribution is -2.14. The van der Waals surface area contributed by atoms with Crippen LogP contribution in [0.2, 0.25) is 0 Å². The first-order chi connectivity index (χ1) is 26.1. The number of hydrogen-bond donors (Lipinski definition) is 0. The average molecular weight is 676 g/mol. The predicted octanol–water partition coefficient (Wildman–Crippen LogP) is 14.1. The Balaban J connectivity index is 1.07. The molecule has 2 heterocycles. The second kappa shape index (κ2) is 10.2. The highest BCUT2D eigenvalue weighted by Crippen LogP contribution is 2.56. The first kappa shape index (κ1) is 29.0. The first-order valence-electron chi connectivity index (χ1n) is 18.5. The van der Waals surface area contributed by atoms with Gasteiger partial charge in [-0.2, -0.15) is 0 Å². The van der Waals surface area contributed by atoms with Gasteiger partial charge >= 0.3 is 0 Å². The second-order valence-electron chi connectivity index (χ2n) is 15.2. The standard InChI is InChI=1S/C51H33NO/c1-51(2)41-25-27-44-47(49(41)50-42(51)26-28-46-48(50)39-16-8-10-18-45(39)53-46)38-15-7-9-17-43(38)52(44)32-22-19-30(20-23-32)31-21-24-37-35-13-4-3-11-33(35)34-12-5-6-14-36(34)40(37)29-31/h3-29H,1-2H3. The molecule has 2 aromatic heterocycles. The van der Waals surface area contributed by atoms with Crippen molar-refractivity contribution in [3.8, 4) is 27.9 Å². The fourth-order valence-corrected chi connectivity index (χ4v) is 9.75. The zero-order valence-corrected chi connectivity index (χ0v) is 29.4. The van der Waals surface area contributed by atoms with E-state index in [1.807, 2.05) is 0 Å². The third-order valence-electron chi connectivity index (χ3n) is 12.2. The average Bonchev–Trinajstić information content (AvgIpc) is 3.83. The van der Waals surface area contributed by atoms with Crippen LogP contribution in [0.1, 0.15) is 25.0 Å². The summed E-state index contributed by atoms with van der Waals surface area (Å²) in [6.45, 7) is 4.74. The van der Waals surface area contributed by atoms with Gasteiger partial charge < -0.3 is 8.98 Å². The zero-order valence-electron chi connectivity index (χ0n) is 29.4. The van der Waals surface area contributed by atoms with Crippen molar-refractivity contribution >= 4 is 76.1 Å². The lowest BCUT2D eigenvalue weighted by atomic mass is 9.82. The van der Waals surface area contributed by atoms with E-state index < -0.39 is 0 Å². The molecule has 0 N–H and O–H groups in total. The van der Waals surface area contributed by atoms with Gasteiger partial charge in [0.15, 0.2) is 0 Å². The fraction of sp³-hybridized carbons (Fsp3) is 0.0588. The van der Waals surface area contributed by atoms with E-state index in [0.29, 0.717) is 0 Å². The Kier molecular flexibility index (Phi) is 5.60. The van der Waals surface area contributed by atoms with E-state index in [1.165, 1.54) is 98.3 Å². The van der Waals surface area contributed by atoms with E-state index in [1.54, 1.807) is 0 Å². The lowest BCUT2D eigenvalue weighted by molar-refractivity contribution is 0.657. The molecule has 1 aliphatic carbocycles. The molecule has 0 aliphatic heterocycles. The van der Waals surface area contributed by atoms with Crippen LogP contribution in [0.25, 0.3) is 104 Å². The molecule has 0 bridgehead atoms. The molecule has 0 radical (unpaired) electrons.